The maximum Gasteiger partial charge on any atom is 0.228 e. The molecule has 0 aromatic heterocycles. The third-order valence-electron chi connectivity index (χ3n) is 5.98. The highest BCUT2D eigenvalue weighted by atomic mass is 16.5. The number of Topliss-reactive ketones (excluding diaryl/α,β-unsaturated/α-hetero) is 2. The Balaban J connectivity index is 1.62. The highest BCUT2D eigenvalue weighted by molar-refractivity contribution is 6.23. The topological polar surface area (TPSA) is 89.5 Å². The first-order valence-electron chi connectivity index (χ1n) is 10.5. The van der Waals surface area contributed by atoms with Gasteiger partial charge in [0.1, 0.15) is 5.75 Å². The number of hydrogen-bond donors (Lipinski definition) is 0. The molecule has 0 bridgehead atoms. The second-order valence-corrected chi connectivity index (χ2v) is 7.62. The number of ketones is 2. The van der Waals surface area contributed by atoms with Crippen molar-refractivity contribution < 1.29 is 38.0 Å². The molecule has 1 aromatic carbocycles. The van der Waals surface area contributed by atoms with E-state index in [9.17, 15) is 9.59 Å². The van der Waals surface area contributed by atoms with Crippen LogP contribution in [0.4, 0.5) is 0 Å². The first kappa shape index (κ1) is 23.5. The quantitative estimate of drug-likeness (QED) is 0.532. The van der Waals surface area contributed by atoms with Gasteiger partial charge in [0.05, 0.1) is 42.2 Å². The molecule has 0 fully saturated rings. The van der Waals surface area contributed by atoms with Crippen LogP contribution in [0.25, 0.3) is 0 Å². The van der Waals surface area contributed by atoms with E-state index in [2.05, 4.69) is 0 Å². The van der Waals surface area contributed by atoms with Gasteiger partial charge in [-0.3, -0.25) is 9.59 Å². The van der Waals surface area contributed by atoms with Crippen LogP contribution in [0.1, 0.15) is 32.1 Å². The molecule has 0 amide bonds. The molecule has 0 saturated carbocycles. The normalized spacial score (nSPS) is 17.0. The molecule has 174 valence electrons. The van der Waals surface area contributed by atoms with Crippen LogP contribution in [-0.2, 0) is 19.1 Å². The standard InChI is InChI=1S/C24H30O8/c1-27-18-12-15(13-19(28-2)22(18)29-3)32-11-10-14-6-8-16-17(9-7-14)21(26)24(31-5)23(30-4)20(16)25/h12-14H,6-11H2,1-5H3. The molecule has 0 saturated heterocycles. The van der Waals surface area contributed by atoms with E-state index in [-0.39, 0.29) is 23.1 Å². The molecule has 0 radical (unpaired) electrons. The molecule has 0 N–H and O–H groups in total. The van der Waals surface area contributed by atoms with Crippen LogP contribution in [0.3, 0.4) is 0 Å². The summed E-state index contributed by atoms with van der Waals surface area (Å²) in [5.41, 5.74) is 1.11. The van der Waals surface area contributed by atoms with Crippen molar-refractivity contribution in [2.45, 2.75) is 32.1 Å². The maximum atomic E-state index is 12.8. The summed E-state index contributed by atoms with van der Waals surface area (Å²) in [6.45, 7) is 0.487. The molecule has 8 nitrogen and oxygen atoms in total. The second kappa shape index (κ2) is 10.4. The predicted octanol–water partition coefficient (Wildman–Crippen LogP) is 3.62. The Hall–Kier alpha value is -3.16. The lowest BCUT2D eigenvalue weighted by molar-refractivity contribution is -0.121. The summed E-state index contributed by atoms with van der Waals surface area (Å²) in [6.07, 6.45) is 3.48. The van der Waals surface area contributed by atoms with Gasteiger partial charge in [-0.25, -0.2) is 0 Å². The number of rotatable bonds is 9. The average Bonchev–Trinajstić information content (AvgIpc) is 3.03. The van der Waals surface area contributed by atoms with Crippen molar-refractivity contribution in [3.63, 3.8) is 0 Å². The zero-order chi connectivity index (χ0) is 23.3. The van der Waals surface area contributed by atoms with Gasteiger partial charge >= 0.3 is 0 Å². The summed E-state index contributed by atoms with van der Waals surface area (Å²) >= 11 is 0. The molecule has 0 aliphatic heterocycles. The van der Waals surface area contributed by atoms with Crippen LogP contribution in [0, 0.1) is 5.92 Å². The number of carbonyl (C=O) groups is 2. The third-order valence-corrected chi connectivity index (χ3v) is 5.98. The summed E-state index contributed by atoms with van der Waals surface area (Å²) in [5, 5.41) is 0. The molecule has 0 heterocycles. The van der Waals surface area contributed by atoms with Gasteiger partial charge in [-0.05, 0) is 38.0 Å². The fourth-order valence-electron chi connectivity index (χ4n) is 4.27. The van der Waals surface area contributed by atoms with Gasteiger partial charge in [-0.15, -0.1) is 0 Å². The first-order chi connectivity index (χ1) is 15.5. The fraction of sp³-hybridized carbons (Fsp3) is 0.500. The molecule has 32 heavy (non-hydrogen) atoms. The van der Waals surface area contributed by atoms with Crippen LogP contribution >= 0.6 is 0 Å². The van der Waals surface area contributed by atoms with Gasteiger partial charge in [-0.1, -0.05) is 0 Å². The monoisotopic (exact) mass is 446 g/mol. The first-order valence-corrected chi connectivity index (χ1v) is 10.5. The minimum atomic E-state index is -0.242. The van der Waals surface area contributed by atoms with E-state index in [4.69, 9.17) is 28.4 Å². The van der Waals surface area contributed by atoms with Crippen molar-refractivity contribution in [1.82, 2.24) is 0 Å². The number of carbonyl (C=O) groups excluding carboxylic acids is 2. The van der Waals surface area contributed by atoms with Crippen molar-refractivity contribution in [3.05, 3.63) is 34.8 Å². The van der Waals surface area contributed by atoms with Crippen molar-refractivity contribution >= 4 is 11.6 Å². The van der Waals surface area contributed by atoms with E-state index in [1.54, 1.807) is 33.5 Å². The number of benzene rings is 1. The summed E-state index contributed by atoms with van der Waals surface area (Å²) < 4.78 is 32.3. The van der Waals surface area contributed by atoms with Crippen molar-refractivity contribution in [2.75, 3.05) is 42.2 Å². The summed E-state index contributed by atoms with van der Waals surface area (Å²) in [4.78, 5) is 25.6. The van der Waals surface area contributed by atoms with Crippen LogP contribution < -0.4 is 18.9 Å². The van der Waals surface area contributed by atoms with Crippen LogP contribution in [-0.4, -0.2) is 53.7 Å². The van der Waals surface area contributed by atoms with Crippen LogP contribution in [0.15, 0.2) is 34.8 Å². The summed E-state index contributed by atoms with van der Waals surface area (Å²) in [7, 11) is 7.43. The number of hydrogen-bond acceptors (Lipinski definition) is 8. The molecule has 0 spiro atoms. The Bertz CT molecular complexity index is 878. The maximum absolute atomic E-state index is 12.8. The zero-order valence-electron chi connectivity index (χ0n) is 19.2. The van der Waals surface area contributed by atoms with Gasteiger partial charge in [0, 0.05) is 23.3 Å². The van der Waals surface area contributed by atoms with E-state index in [0.717, 1.165) is 19.3 Å². The minimum absolute atomic E-state index is 0.000402. The lowest BCUT2D eigenvalue weighted by atomic mass is 9.89. The van der Waals surface area contributed by atoms with Crippen LogP contribution in [0.5, 0.6) is 23.0 Å². The third kappa shape index (κ3) is 4.54. The molecule has 3 rings (SSSR count). The van der Waals surface area contributed by atoms with E-state index in [0.29, 0.717) is 59.5 Å². The molecule has 1 aromatic rings. The van der Waals surface area contributed by atoms with Crippen molar-refractivity contribution in [1.29, 1.82) is 0 Å². The summed E-state index contributed by atoms with van der Waals surface area (Å²) in [6, 6.07) is 3.52. The molecular formula is C24H30O8. The highest BCUT2D eigenvalue weighted by Gasteiger charge is 2.37. The van der Waals surface area contributed by atoms with Gasteiger partial charge in [0.2, 0.25) is 28.8 Å². The Morgan fingerprint density at radius 2 is 1.25 bits per heavy atom. The van der Waals surface area contributed by atoms with E-state index >= 15 is 0 Å². The van der Waals surface area contributed by atoms with Gasteiger partial charge in [-0.2, -0.15) is 0 Å². The fourth-order valence-corrected chi connectivity index (χ4v) is 4.27. The minimum Gasteiger partial charge on any atom is -0.493 e. The van der Waals surface area contributed by atoms with Gasteiger partial charge in [0.15, 0.2) is 11.5 Å². The molecular weight excluding hydrogens is 416 g/mol. The molecule has 0 unspecified atom stereocenters. The van der Waals surface area contributed by atoms with Gasteiger partial charge < -0.3 is 28.4 Å². The van der Waals surface area contributed by atoms with E-state index in [1.807, 2.05) is 0 Å². The second-order valence-electron chi connectivity index (χ2n) is 7.62. The van der Waals surface area contributed by atoms with E-state index < -0.39 is 0 Å². The Morgan fingerprint density at radius 3 is 1.66 bits per heavy atom. The smallest absolute Gasteiger partial charge is 0.228 e. The Kier molecular flexibility index (Phi) is 7.66. The van der Waals surface area contributed by atoms with E-state index in [1.165, 1.54) is 14.2 Å². The lowest BCUT2D eigenvalue weighted by Gasteiger charge is -2.20. The summed E-state index contributed by atoms with van der Waals surface area (Å²) in [5.74, 6) is 2.02. The van der Waals surface area contributed by atoms with Crippen molar-refractivity contribution in [2.24, 2.45) is 5.92 Å². The van der Waals surface area contributed by atoms with Crippen molar-refractivity contribution in [3.8, 4) is 23.0 Å². The highest BCUT2D eigenvalue weighted by Crippen LogP contribution is 2.41. The molecule has 2 aliphatic rings. The van der Waals surface area contributed by atoms with Crippen LogP contribution in [0.2, 0.25) is 0 Å². The predicted molar refractivity (Wildman–Crippen MR) is 116 cm³/mol. The number of ether oxygens (including phenoxy) is 6. The average molecular weight is 446 g/mol. The number of methoxy groups -OCH3 is 5. The zero-order valence-corrected chi connectivity index (χ0v) is 19.2. The largest absolute Gasteiger partial charge is 0.493 e. The number of allylic oxidation sites excluding steroid dienone is 2. The Labute approximate surface area is 188 Å². The molecule has 8 heteroatoms. The van der Waals surface area contributed by atoms with Gasteiger partial charge in [0.25, 0.3) is 0 Å². The Morgan fingerprint density at radius 1 is 0.750 bits per heavy atom. The molecule has 0 atom stereocenters. The molecule has 2 aliphatic carbocycles. The SMILES string of the molecule is COC1=C(OC)C(=O)C2=C(CCC(CCOc3cc(OC)c(OC)c(OC)c3)CC2)C1=O. The lowest BCUT2D eigenvalue weighted by Crippen LogP contribution is -2.25.